The predicted octanol–water partition coefficient (Wildman–Crippen LogP) is 3.34. The van der Waals surface area contributed by atoms with Crippen LogP contribution in [0.2, 0.25) is 0 Å². The smallest absolute Gasteiger partial charge is 0.0431 e. The summed E-state index contributed by atoms with van der Waals surface area (Å²) in [5, 5.41) is 12.6. The lowest BCUT2D eigenvalue weighted by atomic mass is 9.68. The van der Waals surface area contributed by atoms with Gasteiger partial charge in [-0.25, -0.2) is 0 Å². The van der Waals surface area contributed by atoms with Crippen LogP contribution in [0.1, 0.15) is 65.7 Å². The molecule has 2 nitrogen and oxygen atoms in total. The van der Waals surface area contributed by atoms with E-state index in [0.29, 0.717) is 23.5 Å². The molecule has 0 aromatic carbocycles. The first-order valence-electron chi connectivity index (χ1n) is 7.85. The van der Waals surface area contributed by atoms with Gasteiger partial charge < -0.3 is 10.4 Å². The topological polar surface area (TPSA) is 32.3 Å². The molecule has 2 aliphatic carbocycles. The Balaban J connectivity index is 1.75. The number of rotatable bonds is 7. The average molecular weight is 253 g/mol. The molecule has 18 heavy (non-hydrogen) atoms. The average Bonchev–Trinajstić information content (AvgIpc) is 2.78. The second-order valence-electron chi connectivity index (χ2n) is 7.44. The molecule has 2 N–H and O–H groups in total. The molecule has 0 saturated heterocycles. The zero-order valence-electron chi connectivity index (χ0n) is 12.5. The van der Waals surface area contributed by atoms with Crippen LogP contribution in [0.4, 0.5) is 0 Å². The number of hydrogen-bond donors (Lipinski definition) is 2. The third-order valence-corrected chi connectivity index (χ3v) is 5.70. The van der Waals surface area contributed by atoms with Crippen molar-refractivity contribution in [3.63, 3.8) is 0 Å². The lowest BCUT2D eigenvalue weighted by molar-refractivity contribution is 0.109. The number of fused-ring (bicyclic) bond motifs is 2. The van der Waals surface area contributed by atoms with Gasteiger partial charge in [-0.15, -0.1) is 0 Å². The molecule has 0 aromatic rings. The molecule has 2 saturated carbocycles. The molecule has 2 rings (SSSR count). The minimum absolute atomic E-state index is 0.350. The maximum Gasteiger partial charge on any atom is 0.0431 e. The first-order valence-corrected chi connectivity index (χ1v) is 7.85. The van der Waals surface area contributed by atoms with Crippen molar-refractivity contribution in [2.75, 3.05) is 13.2 Å². The largest absolute Gasteiger partial charge is 0.396 e. The molecule has 3 unspecified atom stereocenters. The van der Waals surface area contributed by atoms with Gasteiger partial charge in [0.15, 0.2) is 0 Å². The molecular formula is C16H31NO. The molecular weight excluding hydrogens is 222 g/mol. The van der Waals surface area contributed by atoms with E-state index in [4.69, 9.17) is 5.11 Å². The van der Waals surface area contributed by atoms with Crippen molar-refractivity contribution in [3.05, 3.63) is 0 Å². The van der Waals surface area contributed by atoms with Gasteiger partial charge in [-0.05, 0) is 55.4 Å². The Hall–Kier alpha value is -0.0800. The van der Waals surface area contributed by atoms with Crippen LogP contribution in [-0.2, 0) is 0 Å². The Morgan fingerprint density at radius 1 is 1.11 bits per heavy atom. The first-order chi connectivity index (χ1) is 8.50. The zero-order chi connectivity index (χ0) is 13.2. The lowest BCUT2D eigenvalue weighted by Crippen LogP contribution is -2.50. The van der Waals surface area contributed by atoms with Crippen LogP contribution >= 0.6 is 0 Å². The van der Waals surface area contributed by atoms with E-state index in [1.165, 1.54) is 38.5 Å². The molecule has 2 heteroatoms. The quantitative estimate of drug-likeness (QED) is 0.682. The summed E-state index contributed by atoms with van der Waals surface area (Å²) in [6, 6.07) is 0.710. The summed E-state index contributed by atoms with van der Waals surface area (Å²) in [4.78, 5) is 0. The Labute approximate surface area is 113 Å². The molecule has 2 fully saturated rings. The van der Waals surface area contributed by atoms with Crippen LogP contribution < -0.4 is 5.32 Å². The highest BCUT2D eigenvalue weighted by Gasteiger charge is 2.58. The molecule has 0 amide bonds. The molecule has 0 heterocycles. The van der Waals surface area contributed by atoms with Crippen molar-refractivity contribution < 1.29 is 5.11 Å². The van der Waals surface area contributed by atoms with E-state index < -0.39 is 0 Å². The maximum absolute atomic E-state index is 8.75. The van der Waals surface area contributed by atoms with Gasteiger partial charge in [0.1, 0.15) is 0 Å². The van der Waals surface area contributed by atoms with Crippen LogP contribution in [0.3, 0.4) is 0 Å². The van der Waals surface area contributed by atoms with Crippen molar-refractivity contribution in [3.8, 4) is 0 Å². The van der Waals surface area contributed by atoms with Crippen LogP contribution in [-0.4, -0.2) is 24.3 Å². The maximum atomic E-state index is 8.75. The minimum atomic E-state index is 0.350. The highest BCUT2D eigenvalue weighted by Crippen LogP contribution is 2.62. The van der Waals surface area contributed by atoms with Crippen molar-refractivity contribution in [2.45, 2.75) is 71.8 Å². The lowest BCUT2D eigenvalue weighted by Gasteiger charge is -2.43. The number of hydrogen-bond acceptors (Lipinski definition) is 2. The zero-order valence-corrected chi connectivity index (χ0v) is 12.5. The van der Waals surface area contributed by atoms with Gasteiger partial charge in [-0.1, -0.05) is 33.6 Å². The van der Waals surface area contributed by atoms with E-state index in [0.717, 1.165) is 18.9 Å². The second kappa shape index (κ2) is 5.50. The van der Waals surface area contributed by atoms with Crippen molar-refractivity contribution in [1.82, 2.24) is 5.32 Å². The molecule has 0 radical (unpaired) electrons. The molecule has 3 atom stereocenters. The summed E-state index contributed by atoms with van der Waals surface area (Å²) in [6.45, 7) is 8.92. The SMILES string of the molecule is CC12CCC(C1)C(C)(C)C2NCCCCCCO. The summed E-state index contributed by atoms with van der Waals surface area (Å²) in [5.74, 6) is 0.939. The molecule has 0 aromatic heterocycles. The summed E-state index contributed by atoms with van der Waals surface area (Å²) >= 11 is 0. The third-order valence-electron chi connectivity index (χ3n) is 5.70. The number of unbranched alkanes of at least 4 members (excludes halogenated alkanes) is 3. The molecule has 2 bridgehead atoms. The van der Waals surface area contributed by atoms with Crippen LogP contribution in [0.15, 0.2) is 0 Å². The Bertz CT molecular complexity index is 272. The van der Waals surface area contributed by atoms with E-state index in [1.807, 2.05) is 0 Å². The second-order valence-corrected chi connectivity index (χ2v) is 7.44. The number of aliphatic hydroxyl groups is 1. The Kier molecular flexibility index (Phi) is 4.38. The van der Waals surface area contributed by atoms with E-state index in [-0.39, 0.29) is 0 Å². The predicted molar refractivity (Wildman–Crippen MR) is 76.6 cm³/mol. The van der Waals surface area contributed by atoms with E-state index in [2.05, 4.69) is 26.1 Å². The van der Waals surface area contributed by atoms with E-state index >= 15 is 0 Å². The summed E-state index contributed by atoms with van der Waals surface area (Å²) in [5.41, 5.74) is 1.04. The molecule has 2 aliphatic rings. The third kappa shape index (κ3) is 2.60. The van der Waals surface area contributed by atoms with Crippen molar-refractivity contribution in [1.29, 1.82) is 0 Å². The normalized spacial score (nSPS) is 37.3. The fraction of sp³-hybridized carbons (Fsp3) is 1.00. The first kappa shape index (κ1) is 14.3. The van der Waals surface area contributed by atoms with Gasteiger partial charge in [-0.2, -0.15) is 0 Å². The summed E-state index contributed by atoms with van der Waals surface area (Å²) in [6.07, 6.45) is 8.94. The van der Waals surface area contributed by atoms with E-state index in [1.54, 1.807) is 0 Å². The van der Waals surface area contributed by atoms with Crippen LogP contribution in [0, 0.1) is 16.7 Å². The minimum Gasteiger partial charge on any atom is -0.396 e. The van der Waals surface area contributed by atoms with Crippen LogP contribution in [0.25, 0.3) is 0 Å². The van der Waals surface area contributed by atoms with Gasteiger partial charge >= 0.3 is 0 Å². The van der Waals surface area contributed by atoms with Gasteiger partial charge in [0.25, 0.3) is 0 Å². The molecule has 106 valence electrons. The van der Waals surface area contributed by atoms with Crippen molar-refractivity contribution in [2.24, 2.45) is 16.7 Å². The highest BCUT2D eigenvalue weighted by molar-refractivity contribution is 5.11. The fourth-order valence-electron chi connectivity index (χ4n) is 4.65. The van der Waals surface area contributed by atoms with Gasteiger partial charge in [0, 0.05) is 12.6 Å². The molecule has 0 spiro atoms. The number of nitrogens with one attached hydrogen (secondary N) is 1. The highest BCUT2D eigenvalue weighted by atomic mass is 16.2. The summed E-state index contributed by atoms with van der Waals surface area (Å²) in [7, 11) is 0. The number of aliphatic hydroxyl groups excluding tert-OH is 1. The molecule has 0 aliphatic heterocycles. The van der Waals surface area contributed by atoms with Gasteiger partial charge in [0.05, 0.1) is 0 Å². The summed E-state index contributed by atoms with van der Waals surface area (Å²) < 4.78 is 0. The standard InChI is InChI=1S/C16H31NO/c1-15(2)13-8-9-16(3,12-13)14(15)17-10-6-4-5-7-11-18/h13-14,17-18H,4-12H2,1-3H3. The van der Waals surface area contributed by atoms with E-state index in [9.17, 15) is 0 Å². The fourth-order valence-corrected chi connectivity index (χ4v) is 4.65. The van der Waals surface area contributed by atoms with Gasteiger partial charge in [0.2, 0.25) is 0 Å². The van der Waals surface area contributed by atoms with Crippen LogP contribution in [0.5, 0.6) is 0 Å². The Morgan fingerprint density at radius 2 is 1.83 bits per heavy atom. The monoisotopic (exact) mass is 253 g/mol. The van der Waals surface area contributed by atoms with Gasteiger partial charge in [-0.3, -0.25) is 0 Å². The Morgan fingerprint density at radius 3 is 2.44 bits per heavy atom. The van der Waals surface area contributed by atoms with Crippen molar-refractivity contribution >= 4 is 0 Å².